The Morgan fingerprint density at radius 1 is 1.32 bits per heavy atom. The Bertz CT molecular complexity index is 744. The van der Waals surface area contributed by atoms with E-state index in [1.807, 2.05) is 24.3 Å². The molecule has 2 aromatic rings. The van der Waals surface area contributed by atoms with Crippen molar-refractivity contribution in [1.82, 2.24) is 4.98 Å². The number of aromatic nitrogens is 1. The quantitative estimate of drug-likeness (QED) is 0.917. The normalized spacial score (nSPS) is 16.7. The van der Waals surface area contributed by atoms with Crippen molar-refractivity contribution in [3.8, 4) is 22.9 Å². The second-order valence-corrected chi connectivity index (χ2v) is 5.74. The molecule has 1 aromatic carbocycles. The van der Waals surface area contributed by atoms with Gasteiger partial charge in [-0.15, -0.1) is 0 Å². The summed E-state index contributed by atoms with van der Waals surface area (Å²) >= 11 is 0. The van der Waals surface area contributed by atoms with Crippen molar-refractivity contribution in [2.24, 2.45) is 0 Å². The second kappa shape index (κ2) is 5.69. The fraction of sp³-hybridized carbons (Fsp3) is 0.333. The van der Waals surface area contributed by atoms with E-state index in [0.717, 1.165) is 41.8 Å². The highest BCUT2D eigenvalue weighted by Gasteiger charge is 2.26. The van der Waals surface area contributed by atoms with E-state index < -0.39 is 0 Å². The lowest BCUT2D eigenvalue weighted by Crippen LogP contribution is -2.14. The van der Waals surface area contributed by atoms with Gasteiger partial charge in [0.15, 0.2) is 0 Å². The van der Waals surface area contributed by atoms with Crippen LogP contribution in [0.5, 0.6) is 5.75 Å². The summed E-state index contributed by atoms with van der Waals surface area (Å²) in [6.07, 6.45) is 3.17. The molecule has 1 aliphatic rings. The molecule has 0 fully saturated rings. The summed E-state index contributed by atoms with van der Waals surface area (Å²) in [5, 5.41) is 9.55. The molecule has 22 heavy (non-hydrogen) atoms. The number of nitrogens with two attached hydrogens (primary N) is 1. The van der Waals surface area contributed by atoms with Crippen molar-refractivity contribution < 1.29 is 4.74 Å². The van der Waals surface area contributed by atoms with Crippen molar-refractivity contribution in [2.45, 2.75) is 32.1 Å². The van der Waals surface area contributed by atoms with E-state index in [1.165, 1.54) is 5.56 Å². The molecule has 1 aromatic heterocycles. The highest BCUT2D eigenvalue weighted by Crippen LogP contribution is 2.41. The first kappa shape index (κ1) is 14.4. The van der Waals surface area contributed by atoms with Gasteiger partial charge in [0, 0.05) is 11.3 Å². The lowest BCUT2D eigenvalue weighted by molar-refractivity contribution is 0.415. The number of hydrogen-bond acceptors (Lipinski definition) is 4. The van der Waals surface area contributed by atoms with Crippen LogP contribution in [0.15, 0.2) is 24.3 Å². The average Bonchev–Trinajstić information content (AvgIpc) is 2.54. The number of nitrogens with zero attached hydrogens (tertiary/aromatic N) is 2. The van der Waals surface area contributed by atoms with Gasteiger partial charge in [0.25, 0.3) is 0 Å². The molecule has 0 radical (unpaired) electrons. The third kappa shape index (κ3) is 2.29. The molecular formula is C18H19N3O. The predicted octanol–water partition coefficient (Wildman–Crippen LogP) is 3.65. The number of ether oxygens (including phenoxy) is 1. The smallest absolute Gasteiger partial charge is 0.142 e. The number of aryl methyl sites for hydroxylation is 1. The summed E-state index contributed by atoms with van der Waals surface area (Å²) in [7, 11) is 1.64. The third-order valence-electron chi connectivity index (χ3n) is 4.38. The predicted molar refractivity (Wildman–Crippen MR) is 86.7 cm³/mol. The molecule has 0 aliphatic heterocycles. The second-order valence-electron chi connectivity index (χ2n) is 5.74. The van der Waals surface area contributed by atoms with Crippen LogP contribution in [0.25, 0.3) is 11.1 Å². The molecule has 0 saturated heterocycles. The highest BCUT2D eigenvalue weighted by molar-refractivity contribution is 5.80. The van der Waals surface area contributed by atoms with E-state index >= 15 is 0 Å². The van der Waals surface area contributed by atoms with Gasteiger partial charge in [0.2, 0.25) is 0 Å². The summed E-state index contributed by atoms with van der Waals surface area (Å²) in [5.41, 5.74) is 10.7. The first-order chi connectivity index (χ1) is 10.7. The number of benzene rings is 1. The lowest BCUT2D eigenvalue weighted by atomic mass is 9.80. The Balaban J connectivity index is 2.28. The number of fused-ring (bicyclic) bond motifs is 1. The van der Waals surface area contributed by atoms with Crippen LogP contribution in [0, 0.1) is 11.3 Å². The molecule has 0 saturated carbocycles. The van der Waals surface area contributed by atoms with Crippen LogP contribution in [0.1, 0.15) is 42.5 Å². The minimum atomic E-state index is 0.334. The number of hydrogen-bond donors (Lipinski definition) is 1. The van der Waals surface area contributed by atoms with Crippen molar-refractivity contribution in [2.75, 3.05) is 12.8 Å². The van der Waals surface area contributed by atoms with Gasteiger partial charge in [-0.2, -0.15) is 5.26 Å². The van der Waals surface area contributed by atoms with Gasteiger partial charge in [-0.3, -0.25) is 0 Å². The Labute approximate surface area is 130 Å². The molecule has 1 aliphatic carbocycles. The zero-order valence-corrected chi connectivity index (χ0v) is 12.9. The largest absolute Gasteiger partial charge is 0.497 e. The topological polar surface area (TPSA) is 71.9 Å². The number of methoxy groups -OCH3 is 1. The molecular weight excluding hydrogens is 274 g/mol. The van der Waals surface area contributed by atoms with Crippen LogP contribution in [-0.2, 0) is 6.42 Å². The molecule has 2 N–H and O–H groups in total. The molecule has 0 spiro atoms. The van der Waals surface area contributed by atoms with Crippen molar-refractivity contribution in [3.63, 3.8) is 0 Å². The number of anilines is 1. The van der Waals surface area contributed by atoms with Gasteiger partial charge in [-0.25, -0.2) is 4.98 Å². The van der Waals surface area contributed by atoms with Gasteiger partial charge in [-0.1, -0.05) is 19.1 Å². The van der Waals surface area contributed by atoms with Gasteiger partial charge >= 0.3 is 0 Å². The van der Waals surface area contributed by atoms with Crippen molar-refractivity contribution >= 4 is 5.82 Å². The van der Waals surface area contributed by atoms with Crippen LogP contribution < -0.4 is 10.5 Å². The van der Waals surface area contributed by atoms with E-state index in [2.05, 4.69) is 18.0 Å². The van der Waals surface area contributed by atoms with E-state index in [9.17, 15) is 5.26 Å². The Kier molecular flexibility index (Phi) is 3.72. The van der Waals surface area contributed by atoms with Crippen LogP contribution in [0.3, 0.4) is 0 Å². The third-order valence-corrected chi connectivity index (χ3v) is 4.38. The molecule has 3 rings (SSSR count). The SMILES string of the molecule is COc1ccc(-c2c(C#N)c(N)nc3c2C(C)CCC3)cc1. The number of nitrogen functional groups attached to an aromatic ring is 1. The van der Waals surface area contributed by atoms with Crippen LogP contribution in [-0.4, -0.2) is 12.1 Å². The summed E-state index contributed by atoms with van der Waals surface area (Å²) in [5.74, 6) is 1.52. The first-order valence-electron chi connectivity index (χ1n) is 7.52. The number of pyridine rings is 1. The van der Waals surface area contributed by atoms with Gasteiger partial charge in [0.1, 0.15) is 23.2 Å². The van der Waals surface area contributed by atoms with Crippen molar-refractivity contribution in [1.29, 1.82) is 5.26 Å². The Morgan fingerprint density at radius 3 is 2.68 bits per heavy atom. The summed E-state index contributed by atoms with van der Waals surface area (Å²) < 4.78 is 5.22. The van der Waals surface area contributed by atoms with E-state index in [4.69, 9.17) is 10.5 Å². The molecule has 1 atom stereocenters. The zero-order valence-electron chi connectivity index (χ0n) is 12.9. The molecule has 4 heteroatoms. The lowest BCUT2D eigenvalue weighted by Gasteiger charge is -2.26. The molecule has 0 amide bonds. The van der Waals surface area contributed by atoms with E-state index in [1.54, 1.807) is 7.11 Å². The standard InChI is InChI=1S/C18H19N3O/c1-11-4-3-5-15-16(11)17(14(10-19)18(20)21-15)12-6-8-13(22-2)9-7-12/h6-9,11H,3-5H2,1-2H3,(H2,20,21). The maximum Gasteiger partial charge on any atom is 0.142 e. The summed E-state index contributed by atoms with van der Waals surface area (Å²) in [6.45, 7) is 2.20. The monoisotopic (exact) mass is 293 g/mol. The first-order valence-corrected chi connectivity index (χ1v) is 7.52. The van der Waals surface area contributed by atoms with Gasteiger partial charge in [0.05, 0.1) is 7.11 Å². The summed E-state index contributed by atoms with van der Waals surface area (Å²) in [4.78, 5) is 4.49. The van der Waals surface area contributed by atoms with E-state index in [0.29, 0.717) is 17.3 Å². The minimum Gasteiger partial charge on any atom is -0.497 e. The molecule has 4 nitrogen and oxygen atoms in total. The van der Waals surface area contributed by atoms with Crippen LogP contribution in [0.4, 0.5) is 5.82 Å². The van der Waals surface area contributed by atoms with Crippen molar-refractivity contribution in [3.05, 3.63) is 41.1 Å². The number of nitriles is 1. The van der Waals surface area contributed by atoms with Gasteiger partial charge in [-0.05, 0) is 48.4 Å². The summed E-state index contributed by atoms with van der Waals surface area (Å²) in [6, 6.07) is 10.0. The minimum absolute atomic E-state index is 0.334. The molecule has 1 unspecified atom stereocenters. The Morgan fingerprint density at radius 2 is 2.05 bits per heavy atom. The fourth-order valence-corrected chi connectivity index (χ4v) is 3.28. The average molecular weight is 293 g/mol. The Hall–Kier alpha value is -2.54. The van der Waals surface area contributed by atoms with Gasteiger partial charge < -0.3 is 10.5 Å². The number of rotatable bonds is 2. The molecule has 112 valence electrons. The maximum absolute atomic E-state index is 9.55. The van der Waals surface area contributed by atoms with Crippen LogP contribution in [0.2, 0.25) is 0 Å². The molecule has 0 bridgehead atoms. The highest BCUT2D eigenvalue weighted by atomic mass is 16.5. The maximum atomic E-state index is 9.55. The fourth-order valence-electron chi connectivity index (χ4n) is 3.28. The van der Waals surface area contributed by atoms with E-state index in [-0.39, 0.29) is 0 Å². The van der Waals surface area contributed by atoms with Crippen LogP contribution >= 0.6 is 0 Å². The molecule has 1 heterocycles. The zero-order chi connectivity index (χ0) is 15.7.